The van der Waals surface area contributed by atoms with Gasteiger partial charge in [-0.2, -0.15) is 9.78 Å². The molecule has 0 aliphatic rings. The third kappa shape index (κ3) is 5.19. The van der Waals surface area contributed by atoms with E-state index in [9.17, 15) is 14.9 Å². The standard InChI is InChI=1S/C23H15Br2ClN4O4/c1-13-28-20-7-6-17(25)10-18(20)23(31)29(13)27-11-15-8-19(26)22(21(9-15)30(32)33)34-12-14-2-4-16(24)5-3-14/h2-11H,12H2,1H3. The van der Waals surface area contributed by atoms with Gasteiger partial charge in [0.05, 0.1) is 27.1 Å². The van der Waals surface area contributed by atoms with Crippen LogP contribution in [0.2, 0.25) is 5.02 Å². The van der Waals surface area contributed by atoms with Crippen LogP contribution < -0.4 is 10.3 Å². The van der Waals surface area contributed by atoms with Gasteiger partial charge in [-0.05, 0) is 48.9 Å². The van der Waals surface area contributed by atoms with Crippen molar-refractivity contribution in [2.75, 3.05) is 0 Å². The molecule has 4 aromatic rings. The summed E-state index contributed by atoms with van der Waals surface area (Å²) < 4.78 is 8.44. The van der Waals surface area contributed by atoms with Crippen molar-refractivity contribution in [2.24, 2.45) is 5.10 Å². The van der Waals surface area contributed by atoms with Crippen LogP contribution in [0.25, 0.3) is 10.9 Å². The summed E-state index contributed by atoms with van der Waals surface area (Å²) in [5.41, 5.74) is 1.02. The number of aryl methyl sites for hydroxylation is 1. The van der Waals surface area contributed by atoms with Crippen molar-refractivity contribution in [3.8, 4) is 5.75 Å². The molecular weight excluding hydrogens is 592 g/mol. The number of nitrogens with zero attached hydrogens (tertiary/aromatic N) is 4. The van der Waals surface area contributed by atoms with Gasteiger partial charge in [-0.3, -0.25) is 14.9 Å². The molecule has 0 aliphatic carbocycles. The fourth-order valence-electron chi connectivity index (χ4n) is 3.21. The highest BCUT2D eigenvalue weighted by atomic mass is 79.9. The van der Waals surface area contributed by atoms with Crippen LogP contribution in [0, 0.1) is 17.0 Å². The van der Waals surface area contributed by atoms with Crippen LogP contribution in [0.1, 0.15) is 17.0 Å². The lowest BCUT2D eigenvalue weighted by Gasteiger charge is -2.10. The van der Waals surface area contributed by atoms with Gasteiger partial charge in [-0.25, -0.2) is 4.98 Å². The molecule has 0 amide bonds. The number of hydrogen-bond acceptors (Lipinski definition) is 6. The molecule has 34 heavy (non-hydrogen) atoms. The largest absolute Gasteiger partial charge is 0.481 e. The number of nitro groups is 1. The Bertz CT molecular complexity index is 1500. The highest BCUT2D eigenvalue weighted by molar-refractivity contribution is 9.10. The highest BCUT2D eigenvalue weighted by Crippen LogP contribution is 2.36. The molecule has 172 valence electrons. The van der Waals surface area contributed by atoms with Crippen LogP contribution in [0.15, 0.2) is 73.4 Å². The minimum Gasteiger partial charge on any atom is -0.481 e. The summed E-state index contributed by atoms with van der Waals surface area (Å²) in [6.45, 7) is 1.75. The van der Waals surface area contributed by atoms with E-state index in [-0.39, 0.29) is 28.6 Å². The molecule has 0 radical (unpaired) electrons. The predicted octanol–water partition coefficient (Wildman–Crippen LogP) is 6.25. The zero-order valence-corrected chi connectivity index (χ0v) is 21.5. The summed E-state index contributed by atoms with van der Waals surface area (Å²) in [5, 5.41) is 16.3. The number of benzene rings is 3. The number of ether oxygens (including phenoxy) is 1. The van der Waals surface area contributed by atoms with Crippen molar-refractivity contribution in [1.82, 2.24) is 9.66 Å². The maximum atomic E-state index is 12.9. The number of halogens is 3. The quantitative estimate of drug-likeness (QED) is 0.147. The molecule has 0 unspecified atom stereocenters. The Balaban J connectivity index is 1.67. The van der Waals surface area contributed by atoms with Gasteiger partial charge >= 0.3 is 5.69 Å². The van der Waals surface area contributed by atoms with Crippen molar-refractivity contribution in [1.29, 1.82) is 0 Å². The molecule has 0 fully saturated rings. The van der Waals surface area contributed by atoms with Crippen LogP contribution in [-0.2, 0) is 6.61 Å². The topological polar surface area (TPSA) is 99.6 Å². The first-order valence-electron chi connectivity index (χ1n) is 9.81. The van der Waals surface area contributed by atoms with E-state index >= 15 is 0 Å². The molecule has 0 aliphatic heterocycles. The molecular formula is C23H15Br2ClN4O4. The monoisotopic (exact) mass is 604 g/mol. The van der Waals surface area contributed by atoms with Gasteiger partial charge in [-0.15, -0.1) is 0 Å². The van der Waals surface area contributed by atoms with Gasteiger partial charge in [-0.1, -0.05) is 55.6 Å². The van der Waals surface area contributed by atoms with Gasteiger partial charge in [0.1, 0.15) is 12.4 Å². The minimum absolute atomic E-state index is 0.0442. The summed E-state index contributed by atoms with van der Waals surface area (Å²) in [6, 6.07) is 15.3. The number of nitro benzene ring substituents is 1. The Morgan fingerprint density at radius 3 is 2.56 bits per heavy atom. The van der Waals surface area contributed by atoms with Crippen LogP contribution in [0.5, 0.6) is 5.75 Å². The number of hydrogen-bond donors (Lipinski definition) is 0. The lowest BCUT2D eigenvalue weighted by Crippen LogP contribution is -2.20. The second-order valence-corrected chi connectivity index (χ2v) is 9.44. The summed E-state index contributed by atoms with van der Waals surface area (Å²) in [4.78, 5) is 28.4. The number of fused-ring (bicyclic) bond motifs is 1. The Hall–Kier alpha value is -3.08. The fraction of sp³-hybridized carbons (Fsp3) is 0.0870. The van der Waals surface area contributed by atoms with E-state index in [0.717, 1.165) is 19.2 Å². The van der Waals surface area contributed by atoms with Gasteiger partial charge < -0.3 is 4.74 Å². The van der Waals surface area contributed by atoms with Crippen molar-refractivity contribution in [3.05, 3.63) is 106 Å². The number of rotatable bonds is 6. The maximum Gasteiger partial charge on any atom is 0.313 e. The smallest absolute Gasteiger partial charge is 0.313 e. The lowest BCUT2D eigenvalue weighted by molar-refractivity contribution is -0.385. The van der Waals surface area contributed by atoms with Crippen LogP contribution >= 0.6 is 43.5 Å². The van der Waals surface area contributed by atoms with Crippen molar-refractivity contribution in [2.45, 2.75) is 13.5 Å². The van der Waals surface area contributed by atoms with Crippen LogP contribution in [0.4, 0.5) is 5.69 Å². The van der Waals surface area contributed by atoms with Crippen molar-refractivity contribution in [3.63, 3.8) is 0 Å². The first kappa shape index (κ1) is 24.1. The molecule has 1 heterocycles. The number of aromatic nitrogens is 2. The van der Waals surface area contributed by atoms with E-state index < -0.39 is 4.92 Å². The average Bonchev–Trinajstić information content (AvgIpc) is 2.79. The Kier molecular flexibility index (Phi) is 7.11. The summed E-state index contributed by atoms with van der Waals surface area (Å²) in [6.07, 6.45) is 1.32. The molecule has 11 heteroatoms. The van der Waals surface area contributed by atoms with Gasteiger partial charge in [0.25, 0.3) is 5.56 Å². The Morgan fingerprint density at radius 2 is 1.85 bits per heavy atom. The zero-order valence-electron chi connectivity index (χ0n) is 17.5. The molecule has 0 atom stereocenters. The predicted molar refractivity (Wildman–Crippen MR) is 138 cm³/mol. The Morgan fingerprint density at radius 1 is 1.15 bits per heavy atom. The van der Waals surface area contributed by atoms with Gasteiger partial charge in [0.15, 0.2) is 0 Å². The molecule has 4 rings (SSSR count). The molecule has 1 aromatic heterocycles. The van der Waals surface area contributed by atoms with E-state index in [1.54, 1.807) is 25.1 Å². The maximum absolute atomic E-state index is 12.9. The second kappa shape index (κ2) is 10.0. The molecule has 0 saturated heterocycles. The SMILES string of the molecule is Cc1nc2ccc(Br)cc2c(=O)n1N=Cc1cc(Cl)c(OCc2ccc(Br)cc2)c([N+](=O)[O-])c1. The van der Waals surface area contributed by atoms with E-state index in [1.165, 1.54) is 18.3 Å². The fourth-order valence-corrected chi connectivity index (χ4v) is 4.11. The molecule has 0 N–H and O–H groups in total. The highest BCUT2D eigenvalue weighted by Gasteiger charge is 2.20. The zero-order chi connectivity index (χ0) is 24.4. The van der Waals surface area contributed by atoms with Crippen LogP contribution in [-0.4, -0.2) is 20.8 Å². The summed E-state index contributed by atoms with van der Waals surface area (Å²) >= 11 is 13.0. The third-order valence-electron chi connectivity index (χ3n) is 4.83. The van der Waals surface area contributed by atoms with E-state index in [2.05, 4.69) is 41.9 Å². The minimum atomic E-state index is -0.577. The normalized spacial score (nSPS) is 11.3. The molecule has 3 aromatic carbocycles. The molecule has 0 bridgehead atoms. The third-order valence-corrected chi connectivity index (χ3v) is 6.13. The second-order valence-electron chi connectivity index (χ2n) is 7.21. The lowest BCUT2D eigenvalue weighted by atomic mass is 10.2. The Labute approximate surface area is 215 Å². The van der Waals surface area contributed by atoms with Gasteiger partial charge in [0, 0.05) is 20.6 Å². The van der Waals surface area contributed by atoms with E-state index in [1.807, 2.05) is 24.3 Å². The van der Waals surface area contributed by atoms with Crippen molar-refractivity contribution < 1.29 is 9.66 Å². The van der Waals surface area contributed by atoms with Crippen LogP contribution in [0.3, 0.4) is 0 Å². The first-order valence-corrected chi connectivity index (χ1v) is 11.8. The van der Waals surface area contributed by atoms with Crippen molar-refractivity contribution >= 4 is 66.3 Å². The molecule has 8 nitrogen and oxygen atoms in total. The summed E-state index contributed by atoms with van der Waals surface area (Å²) in [5.74, 6) is 0.323. The molecule has 0 spiro atoms. The first-order chi connectivity index (χ1) is 16.2. The molecule has 0 saturated carbocycles. The van der Waals surface area contributed by atoms with E-state index in [4.69, 9.17) is 16.3 Å². The summed E-state index contributed by atoms with van der Waals surface area (Å²) in [7, 11) is 0. The average molecular weight is 607 g/mol. The van der Waals surface area contributed by atoms with Gasteiger partial charge in [0.2, 0.25) is 5.75 Å². The van der Waals surface area contributed by atoms with E-state index in [0.29, 0.717) is 22.3 Å².